The van der Waals surface area contributed by atoms with Crippen LogP contribution in [0.2, 0.25) is 0 Å². The van der Waals surface area contributed by atoms with Crippen LogP contribution in [0.4, 0.5) is 0 Å². The lowest BCUT2D eigenvalue weighted by atomic mass is 10.1. The molecule has 6 nitrogen and oxygen atoms in total. The largest absolute Gasteiger partial charge is 0.467 e. The molecule has 0 saturated heterocycles. The Bertz CT molecular complexity index is 734. The molecule has 0 unspecified atom stereocenters. The fraction of sp³-hybridized carbons (Fsp3) is 0.368. The van der Waals surface area contributed by atoms with Gasteiger partial charge < -0.3 is 20.4 Å². The van der Waals surface area contributed by atoms with E-state index in [0.29, 0.717) is 18.7 Å². The number of hydrogen-bond donors (Lipinski definition) is 3. The predicted molar refractivity (Wildman–Crippen MR) is 98.0 cm³/mol. The Labute approximate surface area is 147 Å². The van der Waals surface area contributed by atoms with Crippen molar-refractivity contribution in [3.05, 3.63) is 59.0 Å². The lowest BCUT2D eigenvalue weighted by Crippen LogP contribution is -2.25. The van der Waals surface area contributed by atoms with E-state index in [-0.39, 0.29) is 5.91 Å². The molecule has 0 fully saturated rings. The van der Waals surface area contributed by atoms with Gasteiger partial charge in [0.2, 0.25) is 0 Å². The molecule has 2 aromatic rings. The van der Waals surface area contributed by atoms with Crippen molar-refractivity contribution in [1.29, 1.82) is 0 Å². The number of hydrogen-bond acceptors (Lipinski definition) is 5. The molecule has 3 rings (SSSR count). The number of nitrogens with one attached hydrogen (secondary N) is 3. The number of nitrogens with zero attached hydrogens (tertiary/aromatic N) is 1. The smallest absolute Gasteiger partial charge is 0.254 e. The van der Waals surface area contributed by atoms with Crippen LogP contribution >= 0.6 is 0 Å². The maximum atomic E-state index is 12.1. The Balaban J connectivity index is 1.45. The SMILES string of the molecule is CCNCc1cc(C(=O)NCCc2ccc(C3=NCCN3)cc2)co1. The summed E-state index contributed by atoms with van der Waals surface area (Å²) >= 11 is 0. The summed E-state index contributed by atoms with van der Waals surface area (Å²) in [5.41, 5.74) is 2.85. The van der Waals surface area contributed by atoms with Gasteiger partial charge in [0.15, 0.2) is 0 Å². The van der Waals surface area contributed by atoms with E-state index in [1.807, 2.05) is 6.92 Å². The molecule has 1 aromatic heterocycles. The van der Waals surface area contributed by atoms with Crippen molar-refractivity contribution in [3.8, 4) is 0 Å². The zero-order valence-electron chi connectivity index (χ0n) is 14.5. The Kier molecular flexibility index (Phi) is 5.85. The van der Waals surface area contributed by atoms with Gasteiger partial charge in [0.1, 0.15) is 17.9 Å². The fourth-order valence-electron chi connectivity index (χ4n) is 2.68. The molecule has 1 aromatic carbocycles. The van der Waals surface area contributed by atoms with Gasteiger partial charge in [-0.3, -0.25) is 9.79 Å². The van der Waals surface area contributed by atoms with Gasteiger partial charge in [0.05, 0.1) is 18.7 Å². The van der Waals surface area contributed by atoms with Crippen molar-refractivity contribution in [1.82, 2.24) is 16.0 Å². The topological polar surface area (TPSA) is 78.7 Å². The maximum Gasteiger partial charge on any atom is 0.254 e. The van der Waals surface area contributed by atoms with Crippen molar-refractivity contribution < 1.29 is 9.21 Å². The molecule has 1 amide bonds. The average molecular weight is 340 g/mol. The molecule has 0 radical (unpaired) electrons. The van der Waals surface area contributed by atoms with Gasteiger partial charge in [0.25, 0.3) is 5.91 Å². The second-order valence-corrected chi connectivity index (χ2v) is 5.94. The van der Waals surface area contributed by atoms with E-state index >= 15 is 0 Å². The van der Waals surface area contributed by atoms with Gasteiger partial charge in [-0.1, -0.05) is 31.2 Å². The van der Waals surface area contributed by atoms with E-state index in [0.717, 1.165) is 43.2 Å². The number of aliphatic imine (C=N–C) groups is 1. The second-order valence-electron chi connectivity index (χ2n) is 5.94. The summed E-state index contributed by atoms with van der Waals surface area (Å²) in [6.07, 6.45) is 2.29. The van der Waals surface area contributed by atoms with Crippen LogP contribution in [0.5, 0.6) is 0 Å². The lowest BCUT2D eigenvalue weighted by Gasteiger charge is -2.06. The van der Waals surface area contributed by atoms with E-state index in [9.17, 15) is 4.79 Å². The van der Waals surface area contributed by atoms with Crippen LogP contribution in [0.25, 0.3) is 0 Å². The Morgan fingerprint density at radius 1 is 1.32 bits per heavy atom. The zero-order chi connectivity index (χ0) is 17.5. The molecule has 0 saturated carbocycles. The molecular weight excluding hydrogens is 316 g/mol. The summed E-state index contributed by atoms with van der Waals surface area (Å²) in [5.74, 6) is 1.63. The number of amidine groups is 1. The highest BCUT2D eigenvalue weighted by atomic mass is 16.3. The third kappa shape index (κ3) is 4.70. The van der Waals surface area contributed by atoms with Crippen LogP contribution in [-0.4, -0.2) is 37.9 Å². The normalized spacial score (nSPS) is 13.4. The monoisotopic (exact) mass is 340 g/mol. The summed E-state index contributed by atoms with van der Waals surface area (Å²) in [7, 11) is 0. The number of carbonyl (C=O) groups is 1. The highest BCUT2D eigenvalue weighted by Gasteiger charge is 2.10. The summed E-state index contributed by atoms with van der Waals surface area (Å²) in [4.78, 5) is 16.5. The van der Waals surface area contributed by atoms with E-state index in [2.05, 4.69) is 45.2 Å². The van der Waals surface area contributed by atoms with Crippen LogP contribution < -0.4 is 16.0 Å². The molecule has 3 N–H and O–H groups in total. The Morgan fingerprint density at radius 2 is 2.16 bits per heavy atom. The van der Waals surface area contributed by atoms with E-state index in [4.69, 9.17) is 4.42 Å². The van der Waals surface area contributed by atoms with E-state index in [1.54, 1.807) is 6.07 Å². The first-order chi connectivity index (χ1) is 12.3. The molecule has 6 heteroatoms. The highest BCUT2D eigenvalue weighted by Crippen LogP contribution is 2.09. The first-order valence-electron chi connectivity index (χ1n) is 8.70. The minimum absolute atomic E-state index is 0.104. The van der Waals surface area contributed by atoms with Crippen LogP contribution in [0.1, 0.15) is 34.2 Å². The van der Waals surface area contributed by atoms with Gasteiger partial charge >= 0.3 is 0 Å². The minimum Gasteiger partial charge on any atom is -0.467 e. The van der Waals surface area contributed by atoms with Crippen molar-refractivity contribution in [2.24, 2.45) is 4.99 Å². The number of carbonyl (C=O) groups excluding carboxylic acids is 1. The van der Waals surface area contributed by atoms with Crippen molar-refractivity contribution in [2.75, 3.05) is 26.2 Å². The third-order valence-corrected chi connectivity index (χ3v) is 4.07. The molecule has 132 valence electrons. The molecule has 0 atom stereocenters. The standard InChI is InChI=1S/C19H24N4O2/c1-2-20-12-17-11-16(13-25-17)19(24)23-8-7-14-3-5-15(6-4-14)18-21-9-10-22-18/h3-6,11,13,20H,2,7-10,12H2,1H3,(H,21,22)(H,23,24). The molecular formula is C19H24N4O2. The molecule has 1 aliphatic rings. The summed E-state index contributed by atoms with van der Waals surface area (Å²) in [6, 6.07) is 10.1. The molecule has 0 bridgehead atoms. The molecule has 0 spiro atoms. The van der Waals surface area contributed by atoms with Gasteiger partial charge in [0, 0.05) is 18.7 Å². The zero-order valence-corrected chi connectivity index (χ0v) is 14.5. The Hall–Kier alpha value is -2.60. The quantitative estimate of drug-likeness (QED) is 0.684. The number of rotatable bonds is 8. The van der Waals surface area contributed by atoms with Crippen LogP contribution in [0.15, 0.2) is 46.0 Å². The summed E-state index contributed by atoms with van der Waals surface area (Å²) < 4.78 is 5.37. The molecule has 25 heavy (non-hydrogen) atoms. The molecule has 1 aliphatic heterocycles. The first-order valence-corrected chi connectivity index (χ1v) is 8.70. The van der Waals surface area contributed by atoms with Gasteiger partial charge in [-0.2, -0.15) is 0 Å². The first kappa shape index (κ1) is 17.2. The minimum atomic E-state index is -0.104. The van der Waals surface area contributed by atoms with E-state index in [1.165, 1.54) is 11.8 Å². The van der Waals surface area contributed by atoms with E-state index < -0.39 is 0 Å². The summed E-state index contributed by atoms with van der Waals surface area (Å²) in [6.45, 7) is 5.87. The second kappa shape index (κ2) is 8.48. The van der Waals surface area contributed by atoms with Crippen molar-refractivity contribution in [2.45, 2.75) is 19.9 Å². The predicted octanol–water partition coefficient (Wildman–Crippen LogP) is 1.71. The van der Waals surface area contributed by atoms with Gasteiger partial charge in [-0.15, -0.1) is 0 Å². The van der Waals surface area contributed by atoms with Gasteiger partial charge in [-0.05, 0) is 24.6 Å². The molecule has 2 heterocycles. The Morgan fingerprint density at radius 3 is 2.88 bits per heavy atom. The third-order valence-electron chi connectivity index (χ3n) is 4.07. The number of amides is 1. The van der Waals surface area contributed by atoms with Crippen LogP contribution in [-0.2, 0) is 13.0 Å². The highest BCUT2D eigenvalue weighted by molar-refractivity contribution is 5.99. The van der Waals surface area contributed by atoms with Crippen LogP contribution in [0, 0.1) is 0 Å². The molecule has 0 aliphatic carbocycles. The maximum absolute atomic E-state index is 12.1. The number of furan rings is 1. The van der Waals surface area contributed by atoms with Crippen LogP contribution in [0.3, 0.4) is 0 Å². The lowest BCUT2D eigenvalue weighted by molar-refractivity contribution is 0.0953. The van der Waals surface area contributed by atoms with Crippen molar-refractivity contribution >= 4 is 11.7 Å². The number of benzene rings is 1. The summed E-state index contributed by atoms with van der Waals surface area (Å²) in [5, 5.41) is 9.36. The average Bonchev–Trinajstić information content (AvgIpc) is 3.32. The van der Waals surface area contributed by atoms with Gasteiger partial charge in [-0.25, -0.2) is 0 Å². The van der Waals surface area contributed by atoms with Crippen molar-refractivity contribution in [3.63, 3.8) is 0 Å². The fourth-order valence-corrected chi connectivity index (χ4v) is 2.68.